The minimum absolute atomic E-state index is 0.151. The SMILES string of the molecule is NNc1nc(C2COc3ccccc3C2)nc2sccc12. The van der Waals surface area contributed by atoms with Crippen LogP contribution in [0.4, 0.5) is 5.82 Å². The summed E-state index contributed by atoms with van der Waals surface area (Å²) in [5.74, 6) is 8.16. The molecule has 106 valence electrons. The first-order valence-electron chi connectivity index (χ1n) is 6.77. The summed E-state index contributed by atoms with van der Waals surface area (Å²) in [5.41, 5.74) is 3.87. The second-order valence-corrected chi connectivity index (χ2v) is 5.93. The Kier molecular flexibility index (Phi) is 2.98. The lowest BCUT2D eigenvalue weighted by Crippen LogP contribution is -2.22. The Hall–Kier alpha value is -2.18. The third-order valence-corrected chi connectivity index (χ3v) is 4.53. The van der Waals surface area contributed by atoms with Crippen LogP contribution in [0.3, 0.4) is 0 Å². The average molecular weight is 298 g/mol. The Balaban J connectivity index is 1.74. The van der Waals surface area contributed by atoms with Crippen LogP contribution >= 0.6 is 11.3 Å². The zero-order chi connectivity index (χ0) is 14.2. The largest absolute Gasteiger partial charge is 0.493 e. The van der Waals surface area contributed by atoms with Gasteiger partial charge in [0.25, 0.3) is 0 Å². The first-order valence-corrected chi connectivity index (χ1v) is 7.65. The molecule has 5 nitrogen and oxygen atoms in total. The highest BCUT2D eigenvalue weighted by atomic mass is 32.1. The Morgan fingerprint density at radius 1 is 1.24 bits per heavy atom. The van der Waals surface area contributed by atoms with E-state index in [0.717, 1.165) is 28.2 Å². The molecule has 0 bridgehead atoms. The molecule has 1 aliphatic rings. The lowest BCUT2D eigenvalue weighted by molar-refractivity contribution is 0.258. The van der Waals surface area contributed by atoms with Gasteiger partial charge in [-0.05, 0) is 29.5 Å². The lowest BCUT2D eigenvalue weighted by atomic mass is 9.96. The van der Waals surface area contributed by atoms with Crippen LogP contribution in [0.1, 0.15) is 17.3 Å². The van der Waals surface area contributed by atoms with E-state index in [1.807, 2.05) is 29.6 Å². The molecule has 4 rings (SSSR count). The molecule has 0 saturated carbocycles. The number of hydrazine groups is 1. The van der Waals surface area contributed by atoms with Gasteiger partial charge in [0.05, 0.1) is 17.9 Å². The molecule has 0 saturated heterocycles. The van der Waals surface area contributed by atoms with E-state index >= 15 is 0 Å². The number of nitrogens with zero attached hydrogens (tertiary/aromatic N) is 2. The minimum atomic E-state index is 0.151. The molecule has 3 heterocycles. The summed E-state index contributed by atoms with van der Waals surface area (Å²) >= 11 is 1.59. The van der Waals surface area contributed by atoms with Crippen molar-refractivity contribution in [3.8, 4) is 5.75 Å². The summed E-state index contributed by atoms with van der Waals surface area (Å²) in [6.07, 6.45) is 0.886. The van der Waals surface area contributed by atoms with Gasteiger partial charge in [0, 0.05) is 0 Å². The molecule has 21 heavy (non-hydrogen) atoms. The van der Waals surface area contributed by atoms with E-state index in [9.17, 15) is 0 Å². The fourth-order valence-electron chi connectivity index (χ4n) is 2.66. The van der Waals surface area contributed by atoms with Crippen LogP contribution in [0.25, 0.3) is 10.2 Å². The summed E-state index contributed by atoms with van der Waals surface area (Å²) in [7, 11) is 0. The molecule has 0 aliphatic carbocycles. The van der Waals surface area contributed by atoms with Crippen LogP contribution in [-0.2, 0) is 6.42 Å². The summed E-state index contributed by atoms with van der Waals surface area (Å²) in [6.45, 7) is 0.595. The van der Waals surface area contributed by atoms with Gasteiger partial charge in [0.15, 0.2) is 5.82 Å². The molecule has 0 radical (unpaired) electrons. The third-order valence-electron chi connectivity index (χ3n) is 3.72. The summed E-state index contributed by atoms with van der Waals surface area (Å²) in [6, 6.07) is 10.1. The second kappa shape index (κ2) is 4.98. The van der Waals surface area contributed by atoms with Crippen LogP contribution < -0.4 is 16.0 Å². The Morgan fingerprint density at radius 3 is 3.05 bits per heavy atom. The summed E-state index contributed by atoms with van der Waals surface area (Å²) < 4.78 is 5.83. The molecule has 3 aromatic rings. The number of hydrogen-bond donors (Lipinski definition) is 2. The van der Waals surface area contributed by atoms with E-state index < -0.39 is 0 Å². The van der Waals surface area contributed by atoms with Crippen molar-refractivity contribution in [3.63, 3.8) is 0 Å². The Labute approximate surface area is 125 Å². The van der Waals surface area contributed by atoms with Gasteiger partial charge in [-0.25, -0.2) is 15.8 Å². The number of fused-ring (bicyclic) bond motifs is 2. The topological polar surface area (TPSA) is 73.1 Å². The number of anilines is 1. The maximum Gasteiger partial charge on any atom is 0.152 e. The highest BCUT2D eigenvalue weighted by molar-refractivity contribution is 7.16. The van der Waals surface area contributed by atoms with Crippen molar-refractivity contribution in [2.45, 2.75) is 12.3 Å². The van der Waals surface area contributed by atoms with Gasteiger partial charge in [-0.1, -0.05) is 18.2 Å². The summed E-state index contributed by atoms with van der Waals surface area (Å²) in [5, 5.41) is 2.96. The van der Waals surface area contributed by atoms with Crippen molar-refractivity contribution in [1.29, 1.82) is 0 Å². The molecule has 0 amide bonds. The molecule has 1 unspecified atom stereocenters. The number of aromatic nitrogens is 2. The molecule has 1 aromatic carbocycles. The predicted molar refractivity (Wildman–Crippen MR) is 83.6 cm³/mol. The van der Waals surface area contributed by atoms with E-state index in [1.165, 1.54) is 5.56 Å². The van der Waals surface area contributed by atoms with E-state index in [0.29, 0.717) is 12.4 Å². The zero-order valence-electron chi connectivity index (χ0n) is 11.2. The first kappa shape index (κ1) is 12.6. The van der Waals surface area contributed by atoms with Crippen LogP contribution in [0.15, 0.2) is 35.7 Å². The van der Waals surface area contributed by atoms with Crippen molar-refractivity contribution in [3.05, 3.63) is 47.1 Å². The van der Waals surface area contributed by atoms with E-state index in [-0.39, 0.29) is 5.92 Å². The number of ether oxygens (including phenoxy) is 1. The minimum Gasteiger partial charge on any atom is -0.493 e. The van der Waals surface area contributed by atoms with Gasteiger partial charge in [-0.2, -0.15) is 0 Å². The van der Waals surface area contributed by atoms with Crippen molar-refractivity contribution >= 4 is 27.4 Å². The highest BCUT2D eigenvalue weighted by Gasteiger charge is 2.24. The quantitative estimate of drug-likeness (QED) is 0.562. The smallest absolute Gasteiger partial charge is 0.152 e. The van der Waals surface area contributed by atoms with E-state index in [4.69, 9.17) is 10.6 Å². The maximum absolute atomic E-state index is 5.83. The zero-order valence-corrected chi connectivity index (χ0v) is 12.1. The normalized spacial score (nSPS) is 17.3. The van der Waals surface area contributed by atoms with Gasteiger partial charge < -0.3 is 10.2 Å². The second-order valence-electron chi connectivity index (χ2n) is 5.03. The van der Waals surface area contributed by atoms with Gasteiger partial charge >= 0.3 is 0 Å². The van der Waals surface area contributed by atoms with Gasteiger partial charge in [-0.15, -0.1) is 11.3 Å². The number of hydrogen-bond acceptors (Lipinski definition) is 6. The number of rotatable bonds is 2. The van der Waals surface area contributed by atoms with Crippen molar-refractivity contribution in [2.24, 2.45) is 5.84 Å². The first-order chi connectivity index (χ1) is 10.3. The molecule has 6 heteroatoms. The fourth-order valence-corrected chi connectivity index (χ4v) is 3.43. The van der Waals surface area contributed by atoms with Crippen LogP contribution in [-0.4, -0.2) is 16.6 Å². The molecule has 1 atom stereocenters. The molecule has 1 aliphatic heterocycles. The van der Waals surface area contributed by atoms with Crippen LogP contribution in [0.5, 0.6) is 5.75 Å². The highest BCUT2D eigenvalue weighted by Crippen LogP contribution is 2.33. The maximum atomic E-state index is 5.83. The Morgan fingerprint density at radius 2 is 2.14 bits per heavy atom. The average Bonchev–Trinajstić information content (AvgIpc) is 3.02. The molecule has 0 fully saturated rings. The third kappa shape index (κ3) is 2.12. The van der Waals surface area contributed by atoms with Crippen LogP contribution in [0.2, 0.25) is 0 Å². The standard InChI is InChI=1S/C15H14N4OS/c16-19-14-11-5-6-21-15(11)18-13(17-14)10-7-9-3-1-2-4-12(9)20-8-10/h1-6,10H,7-8,16H2,(H,17,18,19). The van der Waals surface area contributed by atoms with Crippen molar-refractivity contribution in [2.75, 3.05) is 12.0 Å². The number of nitrogens with one attached hydrogen (secondary N) is 1. The predicted octanol–water partition coefficient (Wildman–Crippen LogP) is 2.70. The van der Waals surface area contributed by atoms with Crippen molar-refractivity contribution < 1.29 is 4.74 Å². The monoisotopic (exact) mass is 298 g/mol. The fraction of sp³-hybridized carbons (Fsp3) is 0.200. The molecule has 3 N–H and O–H groups in total. The number of para-hydroxylation sites is 1. The van der Waals surface area contributed by atoms with E-state index in [1.54, 1.807) is 11.3 Å². The summed E-state index contributed by atoms with van der Waals surface area (Å²) in [4.78, 5) is 10.2. The van der Waals surface area contributed by atoms with Gasteiger partial charge in [-0.3, -0.25) is 0 Å². The number of benzene rings is 1. The van der Waals surface area contributed by atoms with Crippen molar-refractivity contribution in [1.82, 2.24) is 9.97 Å². The lowest BCUT2D eigenvalue weighted by Gasteiger charge is -2.24. The molecule has 2 aromatic heterocycles. The molecular formula is C15H14N4OS. The van der Waals surface area contributed by atoms with Gasteiger partial charge in [0.1, 0.15) is 16.4 Å². The number of nitrogens with two attached hydrogens (primary N) is 1. The van der Waals surface area contributed by atoms with E-state index in [2.05, 4.69) is 21.5 Å². The van der Waals surface area contributed by atoms with Crippen LogP contribution in [0, 0.1) is 0 Å². The molecular weight excluding hydrogens is 284 g/mol. The molecule has 0 spiro atoms. The number of nitrogen functional groups attached to an aromatic ring is 1. The Bertz CT molecular complexity index is 801. The number of thiophene rings is 1. The van der Waals surface area contributed by atoms with Gasteiger partial charge in [0.2, 0.25) is 0 Å².